The third-order valence-corrected chi connectivity index (χ3v) is 6.54. The van der Waals surface area contributed by atoms with E-state index in [9.17, 15) is 9.59 Å². The van der Waals surface area contributed by atoms with Gasteiger partial charge in [-0.3, -0.25) is 14.3 Å². The molecule has 0 radical (unpaired) electrons. The molecule has 1 saturated heterocycles. The maximum Gasteiger partial charge on any atom is 0.289 e. The minimum Gasteiger partial charge on any atom is -0.454 e. The van der Waals surface area contributed by atoms with Crippen LogP contribution in [0.1, 0.15) is 38.2 Å². The average molecular weight is 450 g/mol. The Bertz CT molecular complexity index is 1300. The van der Waals surface area contributed by atoms with Gasteiger partial charge in [0, 0.05) is 37.3 Å². The molecule has 8 nitrogen and oxygen atoms in total. The number of aryl methyl sites for hydroxylation is 2. The van der Waals surface area contributed by atoms with Crippen molar-refractivity contribution in [2.24, 2.45) is 0 Å². The number of piperazine rings is 1. The smallest absolute Gasteiger partial charge is 0.289 e. The summed E-state index contributed by atoms with van der Waals surface area (Å²) in [5.41, 5.74) is 2.48. The lowest BCUT2D eigenvalue weighted by Gasteiger charge is -2.34. The van der Waals surface area contributed by atoms with Gasteiger partial charge >= 0.3 is 0 Å². The van der Waals surface area contributed by atoms with Crippen LogP contribution in [0.3, 0.4) is 0 Å². The highest BCUT2D eigenvalue weighted by Crippen LogP contribution is 2.24. The Hall–Kier alpha value is -3.46. The highest BCUT2D eigenvalue weighted by atomic mass is 32.1. The van der Waals surface area contributed by atoms with E-state index in [1.807, 2.05) is 54.9 Å². The van der Waals surface area contributed by atoms with Crippen LogP contribution >= 0.6 is 11.5 Å². The first kappa shape index (κ1) is 20.4. The monoisotopic (exact) mass is 449 g/mol. The molecular weight excluding hydrogens is 426 g/mol. The quantitative estimate of drug-likeness (QED) is 0.477. The number of rotatable bonds is 4. The van der Waals surface area contributed by atoms with Gasteiger partial charge in [-0.2, -0.15) is 9.47 Å². The molecule has 32 heavy (non-hydrogen) atoms. The van der Waals surface area contributed by atoms with E-state index in [1.165, 1.54) is 11.5 Å². The molecule has 1 aliphatic rings. The number of carbonyl (C=O) groups excluding carboxylic acids is 2. The van der Waals surface area contributed by atoms with Crippen molar-refractivity contribution in [3.05, 3.63) is 71.1 Å². The van der Waals surface area contributed by atoms with E-state index < -0.39 is 0 Å². The number of furan rings is 1. The molecule has 0 saturated carbocycles. The summed E-state index contributed by atoms with van der Waals surface area (Å²) in [7, 11) is 0. The summed E-state index contributed by atoms with van der Waals surface area (Å²) >= 11 is 1.33. The molecule has 0 unspecified atom stereocenters. The number of nitrogens with zero attached hydrogens (tertiary/aromatic N) is 5. The zero-order valence-corrected chi connectivity index (χ0v) is 18.8. The minimum atomic E-state index is -0.157. The maximum absolute atomic E-state index is 13.0. The third kappa shape index (κ3) is 3.80. The van der Waals surface area contributed by atoms with Crippen LogP contribution in [0.4, 0.5) is 0 Å². The van der Waals surface area contributed by atoms with E-state index in [4.69, 9.17) is 4.42 Å². The van der Waals surface area contributed by atoms with Crippen LogP contribution in [0.25, 0.3) is 10.1 Å². The Labute approximate surface area is 189 Å². The molecule has 4 heterocycles. The van der Waals surface area contributed by atoms with Crippen molar-refractivity contribution in [2.45, 2.75) is 20.4 Å². The molecular formula is C23H23N5O3S. The summed E-state index contributed by atoms with van der Waals surface area (Å²) in [5, 5.41) is 5.32. The van der Waals surface area contributed by atoms with Gasteiger partial charge in [-0.25, -0.2) is 0 Å². The molecule has 4 aromatic rings. The Balaban J connectivity index is 1.22. The van der Waals surface area contributed by atoms with Gasteiger partial charge in [-0.15, -0.1) is 0 Å². The number of hydrogen-bond donors (Lipinski definition) is 0. The molecule has 1 aromatic carbocycles. The third-order valence-electron chi connectivity index (χ3n) is 5.72. The molecule has 1 aliphatic heterocycles. The van der Waals surface area contributed by atoms with E-state index in [1.54, 1.807) is 15.9 Å². The molecule has 5 rings (SSSR count). The highest BCUT2D eigenvalue weighted by molar-refractivity contribution is 7.13. The molecule has 2 amide bonds. The van der Waals surface area contributed by atoms with Crippen molar-refractivity contribution >= 4 is 33.4 Å². The summed E-state index contributed by atoms with van der Waals surface area (Å²) in [4.78, 5) is 29.4. The molecule has 0 bridgehead atoms. The maximum atomic E-state index is 13.0. The lowest BCUT2D eigenvalue weighted by atomic mass is 10.2. The molecule has 1 fully saturated rings. The van der Waals surface area contributed by atoms with E-state index in [-0.39, 0.29) is 11.8 Å². The zero-order chi connectivity index (χ0) is 22.2. The molecule has 9 heteroatoms. The van der Waals surface area contributed by atoms with E-state index in [2.05, 4.69) is 9.47 Å². The Morgan fingerprint density at radius 1 is 1.00 bits per heavy atom. The average Bonchev–Trinajstić information content (AvgIpc) is 3.52. The van der Waals surface area contributed by atoms with Gasteiger partial charge in [-0.05, 0) is 49.6 Å². The second-order valence-electron chi connectivity index (χ2n) is 7.96. The SMILES string of the molecule is Cc1cc(C)n(Cc2ccc(C(=O)N3CCN(C(=O)c4nsc5ccccc45)CC3)o2)n1. The summed E-state index contributed by atoms with van der Waals surface area (Å²) in [5.74, 6) is 0.756. The van der Waals surface area contributed by atoms with Crippen LogP contribution in [-0.4, -0.2) is 61.9 Å². The van der Waals surface area contributed by atoms with E-state index in [0.717, 1.165) is 21.5 Å². The van der Waals surface area contributed by atoms with Crippen LogP contribution in [0.15, 0.2) is 46.9 Å². The first-order chi connectivity index (χ1) is 15.5. The highest BCUT2D eigenvalue weighted by Gasteiger charge is 2.28. The molecule has 0 aliphatic carbocycles. The molecule has 0 N–H and O–H groups in total. The Morgan fingerprint density at radius 2 is 1.72 bits per heavy atom. The van der Waals surface area contributed by atoms with Crippen molar-refractivity contribution < 1.29 is 14.0 Å². The van der Waals surface area contributed by atoms with E-state index in [0.29, 0.717) is 49.9 Å². The fourth-order valence-electron chi connectivity index (χ4n) is 4.02. The van der Waals surface area contributed by atoms with Gasteiger partial charge in [0.15, 0.2) is 5.76 Å². The molecule has 164 valence electrons. The number of fused-ring (bicyclic) bond motifs is 1. The van der Waals surface area contributed by atoms with Gasteiger partial charge in [0.25, 0.3) is 11.8 Å². The van der Waals surface area contributed by atoms with Crippen molar-refractivity contribution in [3.63, 3.8) is 0 Å². The Morgan fingerprint density at radius 3 is 2.44 bits per heavy atom. The number of carbonyl (C=O) groups is 2. The van der Waals surface area contributed by atoms with Gasteiger partial charge in [0.1, 0.15) is 11.5 Å². The second kappa shape index (κ2) is 8.23. The fraction of sp³-hybridized carbons (Fsp3) is 0.304. The molecule has 0 spiro atoms. The summed E-state index contributed by atoms with van der Waals surface area (Å²) in [6, 6.07) is 13.3. The lowest BCUT2D eigenvalue weighted by Crippen LogP contribution is -2.50. The van der Waals surface area contributed by atoms with Gasteiger partial charge < -0.3 is 14.2 Å². The molecule has 0 atom stereocenters. The van der Waals surface area contributed by atoms with Crippen LogP contribution in [-0.2, 0) is 6.54 Å². The van der Waals surface area contributed by atoms with Gasteiger partial charge in [0.05, 0.1) is 16.9 Å². The summed E-state index contributed by atoms with van der Waals surface area (Å²) < 4.78 is 13.0. The van der Waals surface area contributed by atoms with Crippen LogP contribution in [0, 0.1) is 13.8 Å². The Kier molecular flexibility index (Phi) is 5.26. The summed E-state index contributed by atoms with van der Waals surface area (Å²) in [6.07, 6.45) is 0. The van der Waals surface area contributed by atoms with E-state index >= 15 is 0 Å². The van der Waals surface area contributed by atoms with Gasteiger partial charge in [0.2, 0.25) is 0 Å². The predicted octanol–water partition coefficient (Wildman–Crippen LogP) is 3.35. The fourth-order valence-corrected chi connectivity index (χ4v) is 4.79. The topological polar surface area (TPSA) is 84.5 Å². The van der Waals surface area contributed by atoms with Crippen LogP contribution < -0.4 is 0 Å². The largest absolute Gasteiger partial charge is 0.454 e. The predicted molar refractivity (Wildman–Crippen MR) is 121 cm³/mol. The summed E-state index contributed by atoms with van der Waals surface area (Å²) in [6.45, 7) is 6.27. The van der Waals surface area contributed by atoms with Crippen molar-refractivity contribution in [2.75, 3.05) is 26.2 Å². The van der Waals surface area contributed by atoms with Crippen molar-refractivity contribution in [1.29, 1.82) is 0 Å². The standard InChI is InChI=1S/C23H23N5O3S/c1-15-13-16(2)28(24-15)14-17-7-8-19(31-17)22(29)26-9-11-27(12-10-26)23(30)21-18-5-3-4-6-20(18)32-25-21/h3-8,13H,9-12,14H2,1-2H3. The minimum absolute atomic E-state index is 0.0836. The van der Waals surface area contributed by atoms with Crippen LogP contribution in [0.5, 0.6) is 0 Å². The lowest BCUT2D eigenvalue weighted by molar-refractivity contribution is 0.0516. The van der Waals surface area contributed by atoms with Crippen LogP contribution in [0.2, 0.25) is 0 Å². The van der Waals surface area contributed by atoms with Crippen molar-refractivity contribution in [1.82, 2.24) is 24.0 Å². The zero-order valence-electron chi connectivity index (χ0n) is 17.9. The second-order valence-corrected chi connectivity index (χ2v) is 8.77. The number of benzene rings is 1. The van der Waals surface area contributed by atoms with Crippen molar-refractivity contribution in [3.8, 4) is 0 Å². The van der Waals surface area contributed by atoms with Gasteiger partial charge in [-0.1, -0.05) is 18.2 Å². The number of hydrogen-bond acceptors (Lipinski definition) is 6. The first-order valence-corrected chi connectivity index (χ1v) is 11.3. The first-order valence-electron chi connectivity index (χ1n) is 10.5. The number of amides is 2. The molecule has 3 aromatic heterocycles. The number of aromatic nitrogens is 3. The normalized spacial score (nSPS) is 14.3.